The van der Waals surface area contributed by atoms with Gasteiger partial charge in [-0.05, 0) is 142 Å². The molecule has 0 bridgehead atoms. The molecule has 0 aromatic carbocycles. The van der Waals surface area contributed by atoms with Crippen LogP contribution in [0.2, 0.25) is 0 Å². The third kappa shape index (κ3) is 39.9. The molecule has 1 heterocycles. The van der Waals surface area contributed by atoms with Gasteiger partial charge in [0.05, 0.1) is 6.17 Å². The van der Waals surface area contributed by atoms with E-state index in [1.54, 1.807) is 0 Å². The van der Waals surface area contributed by atoms with Gasteiger partial charge in [-0.15, -0.1) is 0 Å². The van der Waals surface area contributed by atoms with E-state index in [-0.39, 0.29) is 0 Å². The molecule has 1 saturated heterocycles. The zero-order valence-electron chi connectivity index (χ0n) is 42.5. The van der Waals surface area contributed by atoms with Crippen LogP contribution >= 0.6 is 0 Å². The van der Waals surface area contributed by atoms with Gasteiger partial charge in [0.25, 0.3) is 0 Å². The van der Waals surface area contributed by atoms with Crippen molar-refractivity contribution in [2.75, 3.05) is 46.3 Å². The zero-order valence-corrected chi connectivity index (χ0v) is 42.5. The van der Waals surface area contributed by atoms with E-state index in [0.29, 0.717) is 6.17 Å². The lowest BCUT2D eigenvalue weighted by atomic mass is 10.1. The van der Waals surface area contributed by atoms with E-state index >= 15 is 0 Å². The number of piperazine rings is 1. The van der Waals surface area contributed by atoms with Crippen molar-refractivity contribution in [1.82, 2.24) is 14.7 Å². The lowest BCUT2D eigenvalue weighted by Crippen LogP contribution is -2.59. The minimum absolute atomic E-state index is 0.600. The maximum atomic E-state index is 2.94. The first kappa shape index (κ1) is 58.3. The highest BCUT2D eigenvalue weighted by atomic mass is 15.4. The van der Waals surface area contributed by atoms with Gasteiger partial charge in [-0.3, -0.25) is 9.80 Å². The molecule has 0 aromatic heterocycles. The quantitative estimate of drug-likeness (QED) is 0.0446. The summed E-state index contributed by atoms with van der Waals surface area (Å²) >= 11 is 0. The van der Waals surface area contributed by atoms with Crippen LogP contribution in [0.4, 0.5) is 0 Å². The second-order valence-electron chi connectivity index (χ2n) is 19.1. The van der Waals surface area contributed by atoms with E-state index in [4.69, 9.17) is 0 Å². The Labute approximate surface area is 390 Å². The Morgan fingerprint density at radius 2 is 0.661 bits per heavy atom. The van der Waals surface area contributed by atoms with Crippen LogP contribution in [0, 0.1) is 0 Å². The van der Waals surface area contributed by atoms with Crippen LogP contribution < -0.4 is 0 Å². The smallest absolute Gasteiger partial charge is 0.0754 e. The fraction of sp³-hybridized carbons (Fsp3) is 0.797. The molecule has 0 amide bonds. The Morgan fingerprint density at radius 3 is 1.02 bits per heavy atom. The summed E-state index contributed by atoms with van der Waals surface area (Å²) in [6.07, 6.45) is 77.1. The van der Waals surface area contributed by atoms with Crippen molar-refractivity contribution in [3.8, 4) is 0 Å². The Bertz CT molecular complexity index is 1020. The van der Waals surface area contributed by atoms with E-state index in [9.17, 15) is 0 Å². The maximum Gasteiger partial charge on any atom is 0.0754 e. The summed E-state index contributed by atoms with van der Waals surface area (Å²) in [5, 5.41) is 0. The van der Waals surface area contributed by atoms with Crippen LogP contribution in [-0.4, -0.2) is 67.2 Å². The highest BCUT2D eigenvalue weighted by Gasteiger charge is 2.29. The predicted octanol–water partition coefficient (Wildman–Crippen LogP) is 18.3. The molecule has 1 rings (SSSR count). The first-order valence-corrected chi connectivity index (χ1v) is 27.8. The SMILES string of the molecule is CCCCC/C=C\C/C=C\CCCCCCCCN(CCCCCCCC/C=C\C/C=C\CCCCC)C1CN(C)CCN1CCCCCCCC/C=C\C/C=C\CCCCC. The monoisotopic (exact) mass is 860 g/mol. The summed E-state index contributed by atoms with van der Waals surface area (Å²) in [7, 11) is 2.37. The summed E-state index contributed by atoms with van der Waals surface area (Å²) in [5.74, 6) is 0. The predicted molar refractivity (Wildman–Crippen MR) is 283 cm³/mol. The molecule has 62 heavy (non-hydrogen) atoms. The Balaban J connectivity index is 2.44. The number of allylic oxidation sites excluding steroid dienone is 12. The summed E-state index contributed by atoms with van der Waals surface area (Å²) in [6.45, 7) is 14.4. The van der Waals surface area contributed by atoms with E-state index in [2.05, 4.69) is 115 Å². The number of likely N-dealkylation sites (N-methyl/N-ethyl adjacent to an activating group) is 1. The molecule has 1 aliphatic rings. The Hall–Kier alpha value is -1.68. The summed E-state index contributed by atoms with van der Waals surface area (Å²) in [6, 6.07) is 0. The number of unbranched alkanes of at least 4 members (excludes halogenated alkanes) is 27. The molecule has 1 aliphatic heterocycles. The molecule has 1 atom stereocenters. The van der Waals surface area contributed by atoms with Crippen LogP contribution in [0.3, 0.4) is 0 Å². The molecule has 1 fully saturated rings. The molecule has 3 heteroatoms. The molecule has 0 radical (unpaired) electrons. The second kappa shape index (κ2) is 48.8. The minimum atomic E-state index is 0.600. The topological polar surface area (TPSA) is 9.72 Å². The first-order chi connectivity index (χ1) is 30.7. The third-order valence-corrected chi connectivity index (χ3v) is 13.0. The zero-order chi connectivity index (χ0) is 44.5. The standard InChI is InChI=1S/C59H109N3/c1-5-8-11-14-17-20-23-26-29-32-35-38-41-44-47-50-53-61(54-51-48-45-42-39-36-33-30-27-24-21-18-15-12-9-6-2)59-58-60(4)56-57-62(59)55-52-49-46-43-40-37-34-31-28-25-22-19-16-13-10-7-3/h17-22,26-31,59H,5-16,23-25,32-58H2,1-4H3/b20-17-,21-18-,22-19-,29-26-,30-27-,31-28-. The van der Waals surface area contributed by atoms with Gasteiger partial charge in [-0.25, -0.2) is 0 Å². The largest absolute Gasteiger partial charge is 0.302 e. The average molecular weight is 861 g/mol. The van der Waals surface area contributed by atoms with Crippen LogP contribution in [0.5, 0.6) is 0 Å². The van der Waals surface area contributed by atoms with E-state index in [1.807, 2.05) is 0 Å². The molecule has 3 nitrogen and oxygen atoms in total. The van der Waals surface area contributed by atoms with Crippen molar-refractivity contribution in [2.45, 2.75) is 258 Å². The number of hydrogen-bond acceptors (Lipinski definition) is 3. The maximum absolute atomic E-state index is 2.94. The normalized spacial score (nSPS) is 15.9. The molecular weight excluding hydrogens is 751 g/mol. The molecule has 0 aliphatic carbocycles. The minimum Gasteiger partial charge on any atom is -0.302 e. The Morgan fingerprint density at radius 1 is 0.355 bits per heavy atom. The fourth-order valence-corrected chi connectivity index (χ4v) is 8.86. The highest BCUT2D eigenvalue weighted by Crippen LogP contribution is 2.19. The number of hydrogen-bond donors (Lipinski definition) is 0. The number of nitrogens with zero attached hydrogens (tertiary/aromatic N) is 3. The Kier molecular flexibility index (Phi) is 45.9. The molecule has 0 saturated carbocycles. The van der Waals surface area contributed by atoms with E-state index in [1.165, 1.54) is 251 Å². The van der Waals surface area contributed by atoms with Crippen molar-refractivity contribution < 1.29 is 0 Å². The lowest BCUT2D eigenvalue weighted by molar-refractivity contribution is -0.0172. The number of rotatable bonds is 46. The van der Waals surface area contributed by atoms with E-state index < -0.39 is 0 Å². The van der Waals surface area contributed by atoms with Crippen LogP contribution in [0.15, 0.2) is 72.9 Å². The van der Waals surface area contributed by atoms with Crippen molar-refractivity contribution in [1.29, 1.82) is 0 Å². The highest BCUT2D eigenvalue weighted by molar-refractivity contribution is 4.94. The average Bonchev–Trinajstić information content (AvgIpc) is 3.28. The van der Waals surface area contributed by atoms with Crippen LogP contribution in [0.1, 0.15) is 252 Å². The fourth-order valence-electron chi connectivity index (χ4n) is 8.86. The summed E-state index contributed by atoms with van der Waals surface area (Å²) in [4.78, 5) is 8.45. The van der Waals surface area contributed by atoms with Gasteiger partial charge in [0, 0.05) is 19.6 Å². The first-order valence-electron chi connectivity index (χ1n) is 27.8. The van der Waals surface area contributed by atoms with Crippen molar-refractivity contribution in [3.05, 3.63) is 72.9 Å². The van der Waals surface area contributed by atoms with Crippen molar-refractivity contribution >= 4 is 0 Å². The van der Waals surface area contributed by atoms with Gasteiger partial charge in [0.2, 0.25) is 0 Å². The van der Waals surface area contributed by atoms with Crippen molar-refractivity contribution in [2.24, 2.45) is 0 Å². The van der Waals surface area contributed by atoms with E-state index in [0.717, 1.165) is 19.3 Å². The van der Waals surface area contributed by atoms with Gasteiger partial charge < -0.3 is 4.90 Å². The van der Waals surface area contributed by atoms with Gasteiger partial charge in [0.1, 0.15) is 0 Å². The second-order valence-corrected chi connectivity index (χ2v) is 19.1. The lowest BCUT2D eigenvalue weighted by Gasteiger charge is -2.46. The third-order valence-electron chi connectivity index (χ3n) is 13.0. The molecule has 0 aromatic rings. The van der Waals surface area contributed by atoms with Gasteiger partial charge in [-0.2, -0.15) is 0 Å². The molecule has 0 spiro atoms. The summed E-state index contributed by atoms with van der Waals surface area (Å²) in [5.41, 5.74) is 0. The van der Waals surface area contributed by atoms with Gasteiger partial charge in [-0.1, -0.05) is 209 Å². The van der Waals surface area contributed by atoms with Gasteiger partial charge in [0.15, 0.2) is 0 Å². The molecule has 360 valence electrons. The van der Waals surface area contributed by atoms with Crippen LogP contribution in [-0.2, 0) is 0 Å². The molecule has 1 unspecified atom stereocenters. The molecule has 0 N–H and O–H groups in total. The molecular formula is C59H109N3. The summed E-state index contributed by atoms with van der Waals surface area (Å²) < 4.78 is 0. The van der Waals surface area contributed by atoms with Crippen LogP contribution in [0.25, 0.3) is 0 Å². The van der Waals surface area contributed by atoms with Gasteiger partial charge >= 0.3 is 0 Å². The van der Waals surface area contributed by atoms with Crippen molar-refractivity contribution in [3.63, 3.8) is 0 Å².